The second-order valence-electron chi connectivity index (χ2n) is 7.18. The molecule has 0 radical (unpaired) electrons. The highest BCUT2D eigenvalue weighted by Gasteiger charge is 2.43. The molecule has 1 aromatic rings. The van der Waals surface area contributed by atoms with E-state index in [0.717, 1.165) is 13.0 Å². The summed E-state index contributed by atoms with van der Waals surface area (Å²) >= 11 is 0. The third-order valence-corrected chi connectivity index (χ3v) is 4.20. The largest absolute Gasteiger partial charge is 0.365 e. The van der Waals surface area contributed by atoms with Gasteiger partial charge in [-0.2, -0.15) is 0 Å². The van der Waals surface area contributed by atoms with Crippen LogP contribution in [0.4, 0.5) is 5.69 Å². The molecule has 0 atom stereocenters. The number of aryl methyl sites for hydroxylation is 2. The Kier molecular flexibility index (Phi) is 3.21. The maximum Gasteiger partial charge on any atom is 0.0433 e. The van der Waals surface area contributed by atoms with Gasteiger partial charge in [0.2, 0.25) is 0 Å². The molecular formula is C17H27N. The summed E-state index contributed by atoms with van der Waals surface area (Å²) in [6.07, 6.45) is 2.38. The summed E-state index contributed by atoms with van der Waals surface area (Å²) in [4.78, 5) is 2.64. The molecule has 0 saturated carbocycles. The number of hydrogen-bond acceptors (Lipinski definition) is 1. The van der Waals surface area contributed by atoms with Gasteiger partial charge in [0.05, 0.1) is 0 Å². The van der Waals surface area contributed by atoms with Gasteiger partial charge in [0, 0.05) is 17.8 Å². The average molecular weight is 245 g/mol. The average Bonchev–Trinajstić information content (AvgIpc) is 2.46. The maximum absolute atomic E-state index is 2.64. The first kappa shape index (κ1) is 13.5. The molecule has 1 aliphatic heterocycles. The van der Waals surface area contributed by atoms with Crippen molar-refractivity contribution in [1.29, 1.82) is 0 Å². The minimum atomic E-state index is 0.263. The lowest BCUT2D eigenvalue weighted by Crippen LogP contribution is -2.39. The topological polar surface area (TPSA) is 3.24 Å². The summed E-state index contributed by atoms with van der Waals surface area (Å²) in [6.45, 7) is 15.2. The first-order chi connectivity index (χ1) is 8.27. The second-order valence-corrected chi connectivity index (χ2v) is 7.18. The van der Waals surface area contributed by atoms with Crippen LogP contribution in [0.1, 0.15) is 52.2 Å². The number of rotatable bonds is 2. The molecule has 0 unspecified atom stereocenters. The molecule has 0 amide bonds. The van der Waals surface area contributed by atoms with Gasteiger partial charge >= 0.3 is 0 Å². The zero-order chi connectivity index (χ0) is 13.6. The van der Waals surface area contributed by atoms with E-state index < -0.39 is 0 Å². The van der Waals surface area contributed by atoms with Crippen LogP contribution in [0.15, 0.2) is 18.2 Å². The molecule has 0 N–H and O–H groups in total. The van der Waals surface area contributed by atoms with Crippen LogP contribution in [-0.4, -0.2) is 12.1 Å². The number of benzene rings is 1. The zero-order valence-electron chi connectivity index (χ0n) is 12.8. The van der Waals surface area contributed by atoms with Crippen LogP contribution >= 0.6 is 0 Å². The molecule has 1 heteroatoms. The SMILES string of the molecule is CCc1cccc(C)c1N1CC(C)(C)CC1(C)C. The van der Waals surface area contributed by atoms with Crippen LogP contribution in [0.2, 0.25) is 0 Å². The Labute approximate surface area is 112 Å². The highest BCUT2D eigenvalue weighted by atomic mass is 15.2. The molecule has 100 valence electrons. The van der Waals surface area contributed by atoms with Gasteiger partial charge in [-0.3, -0.25) is 0 Å². The highest BCUT2D eigenvalue weighted by Crippen LogP contribution is 2.45. The van der Waals surface area contributed by atoms with E-state index in [1.807, 2.05) is 0 Å². The highest BCUT2D eigenvalue weighted by molar-refractivity contribution is 5.62. The molecule has 0 spiro atoms. The summed E-state index contributed by atoms with van der Waals surface area (Å²) in [6, 6.07) is 6.71. The molecule has 18 heavy (non-hydrogen) atoms. The molecule has 1 saturated heterocycles. The summed E-state index contributed by atoms with van der Waals surface area (Å²) in [5, 5.41) is 0. The Bertz CT molecular complexity index is 443. The van der Waals surface area contributed by atoms with E-state index in [1.54, 1.807) is 0 Å². The van der Waals surface area contributed by atoms with Crippen molar-refractivity contribution in [1.82, 2.24) is 0 Å². The fourth-order valence-electron chi connectivity index (χ4n) is 3.74. The molecule has 1 fully saturated rings. The van der Waals surface area contributed by atoms with E-state index >= 15 is 0 Å². The van der Waals surface area contributed by atoms with Crippen molar-refractivity contribution in [2.75, 3.05) is 11.4 Å². The lowest BCUT2D eigenvalue weighted by molar-refractivity contribution is 0.371. The molecule has 2 rings (SSSR count). The van der Waals surface area contributed by atoms with E-state index in [-0.39, 0.29) is 5.54 Å². The van der Waals surface area contributed by atoms with Crippen LogP contribution < -0.4 is 4.90 Å². The lowest BCUT2D eigenvalue weighted by Gasteiger charge is -2.36. The standard InChI is InChI=1S/C17H27N/c1-7-14-10-8-9-13(2)15(14)18-12-16(3,4)11-17(18,5)6/h8-10H,7,11-12H2,1-6H3. The number of hydrogen-bond donors (Lipinski definition) is 0. The monoisotopic (exact) mass is 245 g/mol. The number of anilines is 1. The summed E-state index contributed by atoms with van der Waals surface area (Å²) in [7, 11) is 0. The number of nitrogens with zero attached hydrogens (tertiary/aromatic N) is 1. The van der Waals surface area contributed by atoms with Gasteiger partial charge in [0.25, 0.3) is 0 Å². The van der Waals surface area contributed by atoms with Crippen molar-refractivity contribution in [3.63, 3.8) is 0 Å². The fraction of sp³-hybridized carbons (Fsp3) is 0.647. The number of para-hydroxylation sites is 1. The molecule has 0 aliphatic carbocycles. The predicted molar refractivity (Wildman–Crippen MR) is 80.4 cm³/mol. The predicted octanol–water partition coefficient (Wildman–Crippen LogP) is 4.57. The molecule has 1 aromatic carbocycles. The normalized spacial score (nSPS) is 21.3. The molecule has 1 aliphatic rings. The van der Waals surface area contributed by atoms with Gasteiger partial charge in [0.15, 0.2) is 0 Å². The minimum absolute atomic E-state index is 0.263. The van der Waals surface area contributed by atoms with E-state index in [2.05, 4.69) is 64.6 Å². The molecule has 1 nitrogen and oxygen atoms in total. The second kappa shape index (κ2) is 4.29. The summed E-state index contributed by atoms with van der Waals surface area (Å²) in [5.74, 6) is 0. The van der Waals surface area contributed by atoms with Crippen LogP contribution in [0, 0.1) is 12.3 Å². The Hall–Kier alpha value is -0.980. The van der Waals surface area contributed by atoms with E-state index in [9.17, 15) is 0 Å². The maximum atomic E-state index is 2.64. The fourth-order valence-corrected chi connectivity index (χ4v) is 3.74. The Morgan fingerprint density at radius 2 is 1.83 bits per heavy atom. The Morgan fingerprint density at radius 3 is 2.33 bits per heavy atom. The minimum Gasteiger partial charge on any atom is -0.365 e. The van der Waals surface area contributed by atoms with Crippen molar-refractivity contribution >= 4 is 5.69 Å². The van der Waals surface area contributed by atoms with Gasteiger partial charge in [-0.05, 0) is 50.2 Å². The quantitative estimate of drug-likeness (QED) is 0.737. The van der Waals surface area contributed by atoms with E-state index in [0.29, 0.717) is 5.41 Å². The molecule has 1 heterocycles. The van der Waals surface area contributed by atoms with Crippen LogP contribution in [0.3, 0.4) is 0 Å². The van der Waals surface area contributed by atoms with Crippen molar-refractivity contribution in [2.24, 2.45) is 5.41 Å². The van der Waals surface area contributed by atoms with E-state index in [4.69, 9.17) is 0 Å². The Balaban J connectivity index is 2.49. The van der Waals surface area contributed by atoms with Crippen LogP contribution in [0.5, 0.6) is 0 Å². The smallest absolute Gasteiger partial charge is 0.0433 e. The third kappa shape index (κ3) is 2.28. The van der Waals surface area contributed by atoms with Gasteiger partial charge in [-0.15, -0.1) is 0 Å². The van der Waals surface area contributed by atoms with Gasteiger partial charge in [0.1, 0.15) is 0 Å². The van der Waals surface area contributed by atoms with Gasteiger partial charge in [-0.25, -0.2) is 0 Å². The van der Waals surface area contributed by atoms with Crippen molar-refractivity contribution in [3.8, 4) is 0 Å². The molecular weight excluding hydrogens is 218 g/mol. The van der Waals surface area contributed by atoms with Crippen LogP contribution in [0.25, 0.3) is 0 Å². The first-order valence-corrected chi connectivity index (χ1v) is 7.13. The Morgan fingerprint density at radius 1 is 1.17 bits per heavy atom. The zero-order valence-corrected chi connectivity index (χ0v) is 12.8. The third-order valence-electron chi connectivity index (χ3n) is 4.20. The summed E-state index contributed by atoms with van der Waals surface area (Å²) < 4.78 is 0. The summed E-state index contributed by atoms with van der Waals surface area (Å²) in [5.41, 5.74) is 5.06. The van der Waals surface area contributed by atoms with E-state index in [1.165, 1.54) is 23.2 Å². The van der Waals surface area contributed by atoms with Gasteiger partial charge in [-0.1, -0.05) is 39.0 Å². The van der Waals surface area contributed by atoms with Crippen molar-refractivity contribution in [2.45, 2.75) is 59.9 Å². The molecule has 0 bridgehead atoms. The van der Waals surface area contributed by atoms with Crippen molar-refractivity contribution < 1.29 is 0 Å². The van der Waals surface area contributed by atoms with Crippen LogP contribution in [-0.2, 0) is 6.42 Å². The lowest BCUT2D eigenvalue weighted by atomic mass is 9.86. The van der Waals surface area contributed by atoms with Crippen molar-refractivity contribution in [3.05, 3.63) is 29.3 Å². The van der Waals surface area contributed by atoms with Gasteiger partial charge < -0.3 is 4.90 Å². The first-order valence-electron chi connectivity index (χ1n) is 7.13. The molecule has 0 aromatic heterocycles.